The number of rotatable bonds is 6. The second-order valence-electron chi connectivity index (χ2n) is 4.67. The SMILES string of the molecule is COc1ccc(OC)c([C@@H]2C[C@H]2C(=O)NCC(=O)O)c1. The highest BCUT2D eigenvalue weighted by molar-refractivity contribution is 5.86. The van der Waals surface area contributed by atoms with Gasteiger partial charge < -0.3 is 19.9 Å². The van der Waals surface area contributed by atoms with Crippen LogP contribution < -0.4 is 14.8 Å². The number of methoxy groups -OCH3 is 2. The number of benzene rings is 1. The first-order chi connectivity index (χ1) is 9.56. The number of carbonyl (C=O) groups excluding carboxylic acids is 1. The van der Waals surface area contributed by atoms with Crippen LogP contribution in [0.4, 0.5) is 0 Å². The molecule has 0 unspecified atom stereocenters. The molecule has 0 aliphatic heterocycles. The zero-order valence-corrected chi connectivity index (χ0v) is 11.4. The van der Waals surface area contributed by atoms with Gasteiger partial charge in [-0.15, -0.1) is 0 Å². The summed E-state index contributed by atoms with van der Waals surface area (Å²) in [5, 5.41) is 10.9. The number of aliphatic carboxylic acids is 1. The van der Waals surface area contributed by atoms with E-state index in [9.17, 15) is 9.59 Å². The second kappa shape index (κ2) is 5.81. The number of ether oxygens (including phenoxy) is 2. The van der Waals surface area contributed by atoms with Gasteiger partial charge in [-0.25, -0.2) is 0 Å². The molecule has 1 aliphatic carbocycles. The van der Waals surface area contributed by atoms with Crippen molar-refractivity contribution in [1.82, 2.24) is 5.32 Å². The molecule has 0 heterocycles. The summed E-state index contributed by atoms with van der Waals surface area (Å²) in [6.07, 6.45) is 0.689. The van der Waals surface area contributed by atoms with Crippen molar-refractivity contribution in [3.63, 3.8) is 0 Å². The van der Waals surface area contributed by atoms with E-state index < -0.39 is 5.97 Å². The van der Waals surface area contributed by atoms with E-state index in [-0.39, 0.29) is 24.3 Å². The van der Waals surface area contributed by atoms with E-state index >= 15 is 0 Å². The zero-order valence-electron chi connectivity index (χ0n) is 11.4. The summed E-state index contributed by atoms with van der Waals surface area (Å²) in [5.41, 5.74) is 0.919. The lowest BCUT2D eigenvalue weighted by atomic mass is 10.1. The van der Waals surface area contributed by atoms with Crippen molar-refractivity contribution >= 4 is 11.9 Å². The van der Waals surface area contributed by atoms with Crippen molar-refractivity contribution in [3.05, 3.63) is 23.8 Å². The Kier molecular flexibility index (Phi) is 4.12. The van der Waals surface area contributed by atoms with E-state index in [0.29, 0.717) is 17.9 Å². The van der Waals surface area contributed by atoms with E-state index in [1.165, 1.54) is 0 Å². The summed E-state index contributed by atoms with van der Waals surface area (Å²) in [7, 11) is 3.16. The maximum atomic E-state index is 11.8. The normalized spacial score (nSPS) is 20.1. The summed E-state index contributed by atoms with van der Waals surface area (Å²) >= 11 is 0. The predicted octanol–water partition coefficient (Wildman–Crippen LogP) is 1.01. The molecule has 6 nitrogen and oxygen atoms in total. The second-order valence-corrected chi connectivity index (χ2v) is 4.67. The average Bonchev–Trinajstić information content (AvgIpc) is 3.24. The Morgan fingerprint density at radius 2 is 2.10 bits per heavy atom. The lowest BCUT2D eigenvalue weighted by Gasteiger charge is -2.10. The van der Waals surface area contributed by atoms with E-state index in [1.54, 1.807) is 26.4 Å². The Hall–Kier alpha value is -2.24. The van der Waals surface area contributed by atoms with Gasteiger partial charge in [0.15, 0.2) is 0 Å². The van der Waals surface area contributed by atoms with Crippen LogP contribution in [0.1, 0.15) is 17.9 Å². The molecule has 1 amide bonds. The van der Waals surface area contributed by atoms with Crippen molar-refractivity contribution in [1.29, 1.82) is 0 Å². The summed E-state index contributed by atoms with van der Waals surface area (Å²) in [5.74, 6) is -0.0114. The monoisotopic (exact) mass is 279 g/mol. The topological polar surface area (TPSA) is 84.9 Å². The first-order valence-electron chi connectivity index (χ1n) is 6.28. The molecule has 1 saturated carbocycles. The maximum absolute atomic E-state index is 11.8. The Labute approximate surface area is 116 Å². The predicted molar refractivity (Wildman–Crippen MR) is 71.0 cm³/mol. The van der Waals surface area contributed by atoms with Crippen molar-refractivity contribution in [2.24, 2.45) is 5.92 Å². The third-order valence-corrected chi connectivity index (χ3v) is 3.38. The molecule has 1 aromatic rings. The highest BCUT2D eigenvalue weighted by Crippen LogP contribution is 2.51. The molecule has 20 heavy (non-hydrogen) atoms. The smallest absolute Gasteiger partial charge is 0.322 e. The maximum Gasteiger partial charge on any atom is 0.322 e. The van der Waals surface area contributed by atoms with Gasteiger partial charge in [0.25, 0.3) is 0 Å². The van der Waals surface area contributed by atoms with Crippen LogP contribution in [0.15, 0.2) is 18.2 Å². The van der Waals surface area contributed by atoms with Gasteiger partial charge in [0.05, 0.1) is 14.2 Å². The van der Waals surface area contributed by atoms with Gasteiger partial charge >= 0.3 is 5.97 Å². The first kappa shape index (κ1) is 14.2. The largest absolute Gasteiger partial charge is 0.497 e. The average molecular weight is 279 g/mol. The highest BCUT2D eigenvalue weighted by Gasteiger charge is 2.45. The number of nitrogens with one attached hydrogen (secondary N) is 1. The van der Waals surface area contributed by atoms with Gasteiger partial charge in [-0.2, -0.15) is 0 Å². The first-order valence-corrected chi connectivity index (χ1v) is 6.28. The minimum absolute atomic E-state index is 0.0499. The van der Waals surface area contributed by atoms with Crippen molar-refractivity contribution in [2.45, 2.75) is 12.3 Å². The number of carboxylic acid groups (broad SMARTS) is 1. The van der Waals surface area contributed by atoms with Crippen molar-refractivity contribution in [2.75, 3.05) is 20.8 Å². The van der Waals surface area contributed by atoms with Gasteiger partial charge in [0.2, 0.25) is 5.91 Å². The molecule has 108 valence electrons. The number of hydrogen-bond acceptors (Lipinski definition) is 4. The number of hydrogen-bond donors (Lipinski definition) is 2. The van der Waals surface area contributed by atoms with Gasteiger partial charge in [0, 0.05) is 17.4 Å². The third kappa shape index (κ3) is 3.01. The molecule has 0 spiro atoms. The quantitative estimate of drug-likeness (QED) is 0.811. The lowest BCUT2D eigenvalue weighted by molar-refractivity contribution is -0.138. The van der Waals surface area contributed by atoms with Gasteiger partial charge in [0.1, 0.15) is 18.0 Å². The van der Waals surface area contributed by atoms with Crippen LogP contribution >= 0.6 is 0 Å². The summed E-state index contributed by atoms with van der Waals surface area (Å²) in [4.78, 5) is 22.2. The lowest BCUT2D eigenvalue weighted by Crippen LogP contribution is -2.30. The van der Waals surface area contributed by atoms with Gasteiger partial charge in [-0.1, -0.05) is 0 Å². The van der Waals surface area contributed by atoms with E-state index in [0.717, 1.165) is 5.56 Å². The summed E-state index contributed by atoms with van der Waals surface area (Å²) < 4.78 is 10.5. The fourth-order valence-electron chi connectivity index (χ4n) is 2.25. The van der Waals surface area contributed by atoms with Crippen LogP contribution in [0, 0.1) is 5.92 Å². The molecule has 0 saturated heterocycles. The van der Waals surface area contributed by atoms with Crippen LogP contribution in [-0.4, -0.2) is 37.7 Å². The molecule has 2 N–H and O–H groups in total. The molecule has 1 fully saturated rings. The molecule has 2 atom stereocenters. The van der Waals surface area contributed by atoms with Gasteiger partial charge in [-0.05, 0) is 24.6 Å². The van der Waals surface area contributed by atoms with Crippen LogP contribution in [0.3, 0.4) is 0 Å². The Morgan fingerprint density at radius 3 is 2.70 bits per heavy atom. The fourth-order valence-corrected chi connectivity index (χ4v) is 2.25. The minimum Gasteiger partial charge on any atom is -0.497 e. The number of amides is 1. The highest BCUT2D eigenvalue weighted by atomic mass is 16.5. The van der Waals surface area contributed by atoms with Gasteiger partial charge in [-0.3, -0.25) is 9.59 Å². The molecule has 2 rings (SSSR count). The summed E-state index contributed by atoms with van der Waals surface area (Å²) in [6, 6.07) is 5.46. The number of carbonyl (C=O) groups is 2. The molecule has 6 heteroatoms. The standard InChI is InChI=1S/C14H17NO5/c1-19-8-3-4-12(20-2)10(5-8)9-6-11(9)14(18)15-7-13(16)17/h3-5,9,11H,6-7H2,1-2H3,(H,15,18)(H,16,17)/t9-,11+/m0/s1. The van der Waals surface area contributed by atoms with Crippen molar-refractivity contribution < 1.29 is 24.2 Å². The van der Waals surface area contributed by atoms with Crippen molar-refractivity contribution in [3.8, 4) is 11.5 Å². The molecule has 0 bridgehead atoms. The molecule has 0 aromatic heterocycles. The van der Waals surface area contributed by atoms with Crippen LogP contribution in [0.25, 0.3) is 0 Å². The van der Waals surface area contributed by atoms with E-state index in [1.807, 2.05) is 6.07 Å². The zero-order chi connectivity index (χ0) is 14.7. The molecular weight excluding hydrogens is 262 g/mol. The molecule has 1 aliphatic rings. The Morgan fingerprint density at radius 1 is 1.35 bits per heavy atom. The van der Waals surface area contributed by atoms with Crippen LogP contribution in [0.2, 0.25) is 0 Å². The van der Waals surface area contributed by atoms with E-state index in [4.69, 9.17) is 14.6 Å². The van der Waals surface area contributed by atoms with E-state index in [2.05, 4.69) is 5.32 Å². The summed E-state index contributed by atoms with van der Waals surface area (Å²) in [6.45, 7) is -0.350. The molecule has 1 aromatic carbocycles. The Bertz CT molecular complexity index is 528. The number of carboxylic acids is 1. The fraction of sp³-hybridized carbons (Fsp3) is 0.429. The third-order valence-electron chi connectivity index (χ3n) is 3.38. The van der Waals surface area contributed by atoms with Crippen LogP contribution in [0.5, 0.6) is 11.5 Å². The minimum atomic E-state index is -1.05. The van der Waals surface area contributed by atoms with Crippen LogP contribution in [-0.2, 0) is 9.59 Å². The molecule has 0 radical (unpaired) electrons. The molecular formula is C14H17NO5. The Balaban J connectivity index is 2.07.